The number of benzene rings is 1. The number of barbiturate groups is 1. The molecule has 6 heteroatoms. The van der Waals surface area contributed by atoms with Crippen LogP contribution in [-0.2, 0) is 9.59 Å². The highest BCUT2D eigenvalue weighted by Crippen LogP contribution is 2.25. The van der Waals surface area contributed by atoms with Gasteiger partial charge in [0.25, 0.3) is 11.8 Å². The average Bonchev–Trinajstić information content (AvgIpc) is 3.03. The molecular formula is C20H20N2O4. The number of aryl methyl sites for hydroxylation is 1. The molecule has 0 bridgehead atoms. The number of amides is 4. The molecule has 0 unspecified atom stereocenters. The molecule has 0 radical (unpaired) electrons. The Morgan fingerprint density at radius 1 is 1.12 bits per heavy atom. The van der Waals surface area contributed by atoms with Gasteiger partial charge in [-0.3, -0.25) is 14.9 Å². The van der Waals surface area contributed by atoms with Crippen LogP contribution in [0.5, 0.6) is 0 Å². The number of hydrogen-bond acceptors (Lipinski definition) is 4. The fourth-order valence-corrected chi connectivity index (χ4v) is 2.75. The van der Waals surface area contributed by atoms with Crippen molar-refractivity contribution in [2.24, 2.45) is 0 Å². The Balaban J connectivity index is 1.94. The molecule has 1 aromatic carbocycles. The number of carbonyl (C=O) groups excluding carboxylic acids is 3. The molecule has 1 aliphatic heterocycles. The Hall–Kier alpha value is -3.15. The molecule has 1 aliphatic rings. The highest BCUT2D eigenvalue weighted by Gasteiger charge is 2.37. The monoisotopic (exact) mass is 352 g/mol. The summed E-state index contributed by atoms with van der Waals surface area (Å²) in [6, 6.07) is 9.83. The van der Waals surface area contributed by atoms with E-state index in [4.69, 9.17) is 4.42 Å². The third-order valence-corrected chi connectivity index (χ3v) is 4.48. The van der Waals surface area contributed by atoms with Gasteiger partial charge in [0.1, 0.15) is 17.1 Å². The lowest BCUT2D eigenvalue weighted by molar-refractivity contribution is -0.122. The summed E-state index contributed by atoms with van der Waals surface area (Å²) in [6.45, 7) is 5.97. The molecule has 1 saturated heterocycles. The molecule has 4 amide bonds. The first kappa shape index (κ1) is 17.7. The van der Waals surface area contributed by atoms with Crippen LogP contribution in [0.4, 0.5) is 10.5 Å². The zero-order valence-electron chi connectivity index (χ0n) is 14.9. The molecule has 1 aromatic heterocycles. The molecule has 2 heterocycles. The van der Waals surface area contributed by atoms with Crippen LogP contribution in [0.25, 0.3) is 6.08 Å². The number of imide groups is 2. The van der Waals surface area contributed by atoms with Gasteiger partial charge in [-0.15, -0.1) is 0 Å². The molecular weight excluding hydrogens is 332 g/mol. The van der Waals surface area contributed by atoms with E-state index < -0.39 is 17.8 Å². The smallest absolute Gasteiger partial charge is 0.335 e. The quantitative estimate of drug-likeness (QED) is 0.671. The summed E-state index contributed by atoms with van der Waals surface area (Å²) in [5.74, 6) is 0.0104. The normalized spacial score (nSPS) is 17.6. The SMILES string of the molecule is CC[C@H](C)c1ccc(N2C(=O)NC(=O)/C(=C/c3ccc(C)o3)C2=O)cc1. The average molecular weight is 352 g/mol. The van der Waals surface area contributed by atoms with Crippen molar-refractivity contribution in [3.05, 3.63) is 59.1 Å². The second-order valence-corrected chi connectivity index (χ2v) is 6.31. The maximum absolute atomic E-state index is 12.8. The van der Waals surface area contributed by atoms with Crippen molar-refractivity contribution in [1.29, 1.82) is 0 Å². The topological polar surface area (TPSA) is 79.6 Å². The number of urea groups is 1. The molecule has 0 saturated carbocycles. The van der Waals surface area contributed by atoms with Crippen molar-refractivity contribution in [3.63, 3.8) is 0 Å². The van der Waals surface area contributed by atoms with Crippen molar-refractivity contribution < 1.29 is 18.8 Å². The van der Waals surface area contributed by atoms with E-state index in [9.17, 15) is 14.4 Å². The molecule has 2 aromatic rings. The Kier molecular flexibility index (Phi) is 4.75. The van der Waals surface area contributed by atoms with Crippen LogP contribution in [0.3, 0.4) is 0 Å². The second-order valence-electron chi connectivity index (χ2n) is 6.31. The van der Waals surface area contributed by atoms with Gasteiger partial charge in [0.05, 0.1) is 5.69 Å². The first-order chi connectivity index (χ1) is 12.4. The van der Waals surface area contributed by atoms with Crippen LogP contribution in [0, 0.1) is 6.92 Å². The van der Waals surface area contributed by atoms with Gasteiger partial charge in [-0.25, -0.2) is 9.69 Å². The molecule has 134 valence electrons. The third-order valence-electron chi connectivity index (χ3n) is 4.48. The minimum atomic E-state index is -0.760. The summed E-state index contributed by atoms with van der Waals surface area (Å²) >= 11 is 0. The lowest BCUT2D eigenvalue weighted by Crippen LogP contribution is -2.54. The van der Waals surface area contributed by atoms with Crippen molar-refractivity contribution in [2.45, 2.75) is 33.1 Å². The summed E-state index contributed by atoms with van der Waals surface area (Å²) in [5, 5.41) is 2.20. The van der Waals surface area contributed by atoms with Gasteiger partial charge in [-0.2, -0.15) is 0 Å². The molecule has 3 rings (SSSR count). The maximum Gasteiger partial charge on any atom is 0.335 e. The molecule has 0 aliphatic carbocycles. The van der Waals surface area contributed by atoms with E-state index in [1.54, 1.807) is 31.2 Å². The Morgan fingerprint density at radius 3 is 2.38 bits per heavy atom. The molecule has 1 atom stereocenters. The van der Waals surface area contributed by atoms with Gasteiger partial charge in [0.2, 0.25) is 0 Å². The third kappa shape index (κ3) is 3.31. The Morgan fingerprint density at radius 2 is 1.81 bits per heavy atom. The van der Waals surface area contributed by atoms with E-state index >= 15 is 0 Å². The van der Waals surface area contributed by atoms with Crippen LogP contribution >= 0.6 is 0 Å². The minimum absolute atomic E-state index is 0.148. The van der Waals surface area contributed by atoms with Gasteiger partial charge < -0.3 is 4.42 Å². The molecule has 0 spiro atoms. The van der Waals surface area contributed by atoms with E-state index in [-0.39, 0.29) is 5.57 Å². The molecule has 1 fully saturated rings. The molecule has 26 heavy (non-hydrogen) atoms. The van der Waals surface area contributed by atoms with Crippen molar-refractivity contribution in [1.82, 2.24) is 5.32 Å². The van der Waals surface area contributed by atoms with E-state index in [1.807, 2.05) is 12.1 Å². The van der Waals surface area contributed by atoms with Gasteiger partial charge in [0.15, 0.2) is 0 Å². The summed E-state index contributed by atoms with van der Waals surface area (Å²) in [4.78, 5) is 38.0. The Labute approximate surface area is 151 Å². The van der Waals surface area contributed by atoms with E-state index in [2.05, 4.69) is 19.2 Å². The first-order valence-corrected chi connectivity index (χ1v) is 8.48. The largest absolute Gasteiger partial charge is 0.462 e. The summed E-state index contributed by atoms with van der Waals surface area (Å²) in [6.07, 6.45) is 2.34. The van der Waals surface area contributed by atoms with Crippen molar-refractivity contribution in [3.8, 4) is 0 Å². The van der Waals surface area contributed by atoms with E-state index in [0.29, 0.717) is 23.1 Å². The Bertz CT molecular complexity index is 893. The number of furan rings is 1. The predicted octanol–water partition coefficient (Wildman–Crippen LogP) is 3.77. The number of nitrogens with zero attached hydrogens (tertiary/aromatic N) is 1. The zero-order valence-corrected chi connectivity index (χ0v) is 14.9. The summed E-state index contributed by atoms with van der Waals surface area (Å²) in [7, 11) is 0. The van der Waals surface area contributed by atoms with Crippen LogP contribution in [0.15, 0.2) is 46.4 Å². The van der Waals surface area contributed by atoms with E-state index in [0.717, 1.165) is 16.9 Å². The van der Waals surface area contributed by atoms with Gasteiger partial charge in [-0.1, -0.05) is 26.0 Å². The van der Waals surface area contributed by atoms with Crippen LogP contribution < -0.4 is 10.2 Å². The van der Waals surface area contributed by atoms with Gasteiger partial charge in [-0.05, 0) is 55.2 Å². The summed E-state index contributed by atoms with van der Waals surface area (Å²) in [5.41, 5.74) is 1.39. The standard InChI is InChI=1S/C20H20N2O4/c1-4-12(2)14-6-8-15(9-7-14)22-19(24)17(18(23)21-20(22)25)11-16-10-5-13(3)26-16/h5-12H,4H2,1-3H3,(H,21,23,25)/b17-11-/t12-/m0/s1. The fourth-order valence-electron chi connectivity index (χ4n) is 2.75. The van der Waals surface area contributed by atoms with Crippen molar-refractivity contribution in [2.75, 3.05) is 4.90 Å². The predicted molar refractivity (Wildman–Crippen MR) is 97.6 cm³/mol. The molecule has 1 N–H and O–H groups in total. The van der Waals surface area contributed by atoms with Crippen LogP contribution in [0.2, 0.25) is 0 Å². The highest BCUT2D eigenvalue weighted by molar-refractivity contribution is 6.39. The lowest BCUT2D eigenvalue weighted by atomic mass is 9.98. The second kappa shape index (κ2) is 7.00. The number of hydrogen-bond donors (Lipinski definition) is 1. The number of carbonyl (C=O) groups is 3. The number of anilines is 1. The number of nitrogens with one attached hydrogen (secondary N) is 1. The van der Waals surface area contributed by atoms with Crippen molar-refractivity contribution >= 4 is 29.6 Å². The summed E-state index contributed by atoms with van der Waals surface area (Å²) < 4.78 is 5.39. The maximum atomic E-state index is 12.8. The van der Waals surface area contributed by atoms with Crippen LogP contribution in [0.1, 0.15) is 43.3 Å². The fraction of sp³-hybridized carbons (Fsp3) is 0.250. The zero-order chi connectivity index (χ0) is 18.8. The van der Waals surface area contributed by atoms with Crippen LogP contribution in [-0.4, -0.2) is 17.8 Å². The van der Waals surface area contributed by atoms with Gasteiger partial charge in [0, 0.05) is 0 Å². The number of rotatable bonds is 4. The molecule has 6 nitrogen and oxygen atoms in total. The highest BCUT2D eigenvalue weighted by atomic mass is 16.3. The minimum Gasteiger partial charge on any atom is -0.462 e. The van der Waals surface area contributed by atoms with E-state index in [1.165, 1.54) is 6.08 Å². The first-order valence-electron chi connectivity index (χ1n) is 8.48. The van der Waals surface area contributed by atoms with Gasteiger partial charge >= 0.3 is 6.03 Å². The lowest BCUT2D eigenvalue weighted by Gasteiger charge is -2.26.